The van der Waals surface area contributed by atoms with Gasteiger partial charge in [0.25, 0.3) is 0 Å². The summed E-state index contributed by atoms with van der Waals surface area (Å²) in [6.07, 6.45) is -0.574. The van der Waals surface area contributed by atoms with Crippen LogP contribution in [0.4, 0.5) is 14.5 Å². The Bertz CT molecular complexity index is 516. The molecule has 0 saturated heterocycles. The number of benzene rings is 1. The number of amides is 1. The number of carboxylic acid groups (broad SMARTS) is 1. The van der Waals surface area contributed by atoms with E-state index >= 15 is 0 Å². The first-order chi connectivity index (χ1) is 8.87. The SMILES string of the molecule is O=C(O)c1cccc(NC(=O)C2CCC(F)(F)C2)c1. The fraction of sp³-hybridized carbons (Fsp3) is 0.385. The van der Waals surface area contributed by atoms with Gasteiger partial charge < -0.3 is 10.4 Å². The Hall–Kier alpha value is -1.98. The summed E-state index contributed by atoms with van der Waals surface area (Å²) in [5, 5.41) is 11.3. The molecule has 1 aliphatic rings. The summed E-state index contributed by atoms with van der Waals surface area (Å²) in [5.74, 6) is -5.09. The number of halogens is 2. The Balaban J connectivity index is 2.03. The second-order valence-corrected chi connectivity index (χ2v) is 4.67. The molecule has 1 aromatic rings. The number of rotatable bonds is 3. The largest absolute Gasteiger partial charge is 0.478 e. The number of carbonyl (C=O) groups excluding carboxylic acids is 1. The number of alkyl halides is 2. The highest BCUT2D eigenvalue weighted by molar-refractivity contribution is 5.95. The lowest BCUT2D eigenvalue weighted by molar-refractivity contribution is -0.120. The molecular weight excluding hydrogens is 256 g/mol. The van der Waals surface area contributed by atoms with Crippen molar-refractivity contribution >= 4 is 17.6 Å². The van der Waals surface area contributed by atoms with Gasteiger partial charge in [0, 0.05) is 24.4 Å². The number of nitrogens with one attached hydrogen (secondary N) is 1. The Morgan fingerprint density at radius 3 is 2.68 bits per heavy atom. The zero-order valence-corrected chi connectivity index (χ0v) is 10.0. The van der Waals surface area contributed by atoms with Crippen molar-refractivity contribution in [2.24, 2.45) is 5.92 Å². The lowest BCUT2D eigenvalue weighted by atomic mass is 10.1. The van der Waals surface area contributed by atoms with Crippen LogP contribution < -0.4 is 5.32 Å². The van der Waals surface area contributed by atoms with E-state index in [-0.39, 0.29) is 18.4 Å². The second kappa shape index (κ2) is 4.95. The molecule has 1 atom stereocenters. The maximum absolute atomic E-state index is 13.0. The molecule has 0 bridgehead atoms. The van der Waals surface area contributed by atoms with E-state index in [4.69, 9.17) is 5.11 Å². The van der Waals surface area contributed by atoms with E-state index in [1.165, 1.54) is 24.3 Å². The minimum Gasteiger partial charge on any atom is -0.478 e. The molecule has 6 heteroatoms. The van der Waals surface area contributed by atoms with Crippen LogP contribution in [-0.4, -0.2) is 22.9 Å². The second-order valence-electron chi connectivity index (χ2n) is 4.67. The lowest BCUT2D eigenvalue weighted by Crippen LogP contribution is -2.22. The smallest absolute Gasteiger partial charge is 0.335 e. The Kier molecular flexibility index (Phi) is 3.50. The molecule has 1 saturated carbocycles. The molecule has 0 spiro atoms. The van der Waals surface area contributed by atoms with Crippen molar-refractivity contribution in [1.82, 2.24) is 0 Å². The summed E-state index contributed by atoms with van der Waals surface area (Å²) in [7, 11) is 0. The number of hydrogen-bond acceptors (Lipinski definition) is 2. The fourth-order valence-corrected chi connectivity index (χ4v) is 2.15. The zero-order chi connectivity index (χ0) is 14.0. The van der Waals surface area contributed by atoms with Gasteiger partial charge in [0.1, 0.15) is 0 Å². The predicted octanol–water partition coefficient (Wildman–Crippen LogP) is 2.76. The van der Waals surface area contributed by atoms with Crippen molar-refractivity contribution in [3.8, 4) is 0 Å². The molecule has 0 aromatic heterocycles. The average Bonchev–Trinajstić information content (AvgIpc) is 2.70. The molecule has 1 unspecified atom stereocenters. The summed E-state index contributed by atoms with van der Waals surface area (Å²) in [6, 6.07) is 5.70. The van der Waals surface area contributed by atoms with Crippen LogP contribution in [0, 0.1) is 5.92 Å². The molecule has 0 aliphatic heterocycles. The highest BCUT2D eigenvalue weighted by Crippen LogP contribution is 2.39. The molecule has 102 valence electrons. The van der Waals surface area contributed by atoms with Gasteiger partial charge in [-0.15, -0.1) is 0 Å². The molecule has 4 nitrogen and oxygen atoms in total. The van der Waals surface area contributed by atoms with Crippen molar-refractivity contribution in [2.45, 2.75) is 25.2 Å². The van der Waals surface area contributed by atoms with Gasteiger partial charge in [0.2, 0.25) is 11.8 Å². The normalized spacial score (nSPS) is 21.1. The molecule has 0 heterocycles. The first-order valence-corrected chi connectivity index (χ1v) is 5.89. The molecule has 1 aliphatic carbocycles. The first-order valence-electron chi connectivity index (χ1n) is 5.89. The van der Waals surface area contributed by atoms with Crippen LogP contribution in [0.5, 0.6) is 0 Å². The van der Waals surface area contributed by atoms with Crippen molar-refractivity contribution in [3.05, 3.63) is 29.8 Å². The fourth-order valence-electron chi connectivity index (χ4n) is 2.15. The van der Waals surface area contributed by atoms with E-state index in [0.717, 1.165) is 0 Å². The van der Waals surface area contributed by atoms with Gasteiger partial charge in [-0.1, -0.05) is 6.07 Å². The first kappa shape index (κ1) is 13.5. The standard InChI is InChI=1S/C13H13F2NO3/c14-13(15)5-4-9(7-13)11(17)16-10-3-1-2-8(6-10)12(18)19/h1-3,6,9H,4-5,7H2,(H,16,17)(H,18,19). The minimum atomic E-state index is -2.77. The quantitative estimate of drug-likeness (QED) is 0.886. The number of carbonyl (C=O) groups is 2. The predicted molar refractivity (Wildman–Crippen MR) is 64.3 cm³/mol. The molecule has 1 amide bonds. The van der Waals surface area contributed by atoms with Gasteiger partial charge in [-0.05, 0) is 24.6 Å². The van der Waals surface area contributed by atoms with Gasteiger partial charge in [0.05, 0.1) is 5.56 Å². The van der Waals surface area contributed by atoms with Crippen molar-refractivity contribution < 1.29 is 23.5 Å². The van der Waals surface area contributed by atoms with E-state index < -0.39 is 30.1 Å². The average molecular weight is 269 g/mol. The van der Waals surface area contributed by atoms with E-state index in [1.807, 2.05) is 0 Å². The molecule has 1 fully saturated rings. The molecule has 1 aromatic carbocycles. The van der Waals surface area contributed by atoms with E-state index in [2.05, 4.69) is 5.32 Å². The highest BCUT2D eigenvalue weighted by Gasteiger charge is 2.42. The van der Waals surface area contributed by atoms with Crippen molar-refractivity contribution in [2.75, 3.05) is 5.32 Å². The van der Waals surface area contributed by atoms with Crippen LogP contribution in [0.25, 0.3) is 0 Å². The number of carboxylic acids is 1. The van der Waals surface area contributed by atoms with Crippen LogP contribution in [0.3, 0.4) is 0 Å². The monoisotopic (exact) mass is 269 g/mol. The third kappa shape index (κ3) is 3.27. The van der Waals surface area contributed by atoms with Crippen molar-refractivity contribution in [1.29, 1.82) is 0 Å². The van der Waals surface area contributed by atoms with E-state index in [0.29, 0.717) is 5.69 Å². The number of aromatic carboxylic acids is 1. The van der Waals surface area contributed by atoms with Gasteiger partial charge in [-0.3, -0.25) is 4.79 Å². The van der Waals surface area contributed by atoms with Crippen molar-refractivity contribution in [3.63, 3.8) is 0 Å². The summed E-state index contributed by atoms with van der Waals surface area (Å²) >= 11 is 0. The number of anilines is 1. The Morgan fingerprint density at radius 1 is 1.37 bits per heavy atom. The maximum Gasteiger partial charge on any atom is 0.335 e. The van der Waals surface area contributed by atoms with Crippen LogP contribution in [0.15, 0.2) is 24.3 Å². The molecular formula is C13H13F2NO3. The summed E-state index contributed by atoms with van der Waals surface area (Å²) < 4.78 is 26.0. The molecule has 2 rings (SSSR count). The van der Waals surface area contributed by atoms with Crippen LogP contribution in [0.1, 0.15) is 29.6 Å². The highest BCUT2D eigenvalue weighted by atomic mass is 19.3. The third-order valence-electron chi connectivity index (χ3n) is 3.15. The van der Waals surface area contributed by atoms with Crippen LogP contribution in [0.2, 0.25) is 0 Å². The van der Waals surface area contributed by atoms with E-state index in [9.17, 15) is 18.4 Å². The summed E-state index contributed by atoms with van der Waals surface area (Å²) in [6.45, 7) is 0. The topological polar surface area (TPSA) is 66.4 Å². The molecule has 0 radical (unpaired) electrons. The Morgan fingerprint density at radius 2 is 2.11 bits per heavy atom. The minimum absolute atomic E-state index is 0.0366. The number of hydrogen-bond donors (Lipinski definition) is 2. The van der Waals surface area contributed by atoms with E-state index in [1.54, 1.807) is 0 Å². The van der Waals surface area contributed by atoms with Crippen LogP contribution in [-0.2, 0) is 4.79 Å². The van der Waals surface area contributed by atoms with Gasteiger partial charge >= 0.3 is 5.97 Å². The Labute approximate surface area is 108 Å². The van der Waals surface area contributed by atoms with Gasteiger partial charge in [0.15, 0.2) is 0 Å². The summed E-state index contributed by atoms with van der Waals surface area (Å²) in [4.78, 5) is 22.6. The summed E-state index contributed by atoms with van der Waals surface area (Å²) in [5.41, 5.74) is 0.342. The van der Waals surface area contributed by atoms with Gasteiger partial charge in [-0.2, -0.15) is 0 Å². The van der Waals surface area contributed by atoms with Gasteiger partial charge in [-0.25, -0.2) is 13.6 Å². The zero-order valence-electron chi connectivity index (χ0n) is 10.0. The molecule has 2 N–H and O–H groups in total. The lowest BCUT2D eigenvalue weighted by Gasteiger charge is -2.11. The van der Waals surface area contributed by atoms with Crippen LogP contribution >= 0.6 is 0 Å². The maximum atomic E-state index is 13.0. The molecule has 19 heavy (non-hydrogen) atoms. The third-order valence-corrected chi connectivity index (χ3v) is 3.15.